The minimum Gasteiger partial charge on any atom is -0.378 e. The molecule has 0 bridgehead atoms. The molecule has 2 aromatic rings. The van der Waals surface area contributed by atoms with Crippen molar-refractivity contribution in [2.45, 2.75) is 32.4 Å². The Hall–Kier alpha value is -1.95. The predicted molar refractivity (Wildman–Crippen MR) is 104 cm³/mol. The van der Waals surface area contributed by atoms with Gasteiger partial charge in [0, 0.05) is 37.6 Å². The van der Waals surface area contributed by atoms with Crippen LogP contribution in [-0.4, -0.2) is 37.5 Å². The van der Waals surface area contributed by atoms with Gasteiger partial charge in [0.05, 0.1) is 11.4 Å². The minimum absolute atomic E-state index is 0.0831. The number of carbonyl (C=O) groups excluding carboxylic acids is 1. The number of hydrogen-bond donors (Lipinski definition) is 1. The van der Waals surface area contributed by atoms with Gasteiger partial charge in [0.25, 0.3) is 0 Å². The summed E-state index contributed by atoms with van der Waals surface area (Å²) in [6, 6.07) is 8.55. The smallest absolute Gasteiger partial charge is 0.230 e. The summed E-state index contributed by atoms with van der Waals surface area (Å²) >= 11 is 1.59. The van der Waals surface area contributed by atoms with Gasteiger partial charge < -0.3 is 14.7 Å². The molecule has 1 amide bonds. The summed E-state index contributed by atoms with van der Waals surface area (Å²) < 4.78 is 5.13. The molecule has 0 unspecified atom stereocenters. The van der Waals surface area contributed by atoms with E-state index in [1.807, 2.05) is 27.9 Å². The fourth-order valence-electron chi connectivity index (χ4n) is 2.49. The van der Waals surface area contributed by atoms with Crippen LogP contribution >= 0.6 is 11.8 Å². The summed E-state index contributed by atoms with van der Waals surface area (Å²) in [5.74, 6) is 2.14. The zero-order valence-corrected chi connectivity index (χ0v) is 16.3. The van der Waals surface area contributed by atoms with Crippen LogP contribution in [-0.2, 0) is 17.0 Å². The van der Waals surface area contributed by atoms with E-state index in [0.29, 0.717) is 12.3 Å². The number of thioether (sulfide) groups is 1. The molecule has 1 aromatic heterocycles. The molecule has 2 rings (SSSR count). The largest absolute Gasteiger partial charge is 0.378 e. The predicted octanol–water partition coefficient (Wildman–Crippen LogP) is 3.34. The number of rotatable bonds is 9. The molecule has 1 aromatic carbocycles. The standard InChI is InChI=1S/C19H27N3O2S/c1-14-18(15(2)24-21-14)12-25-13-19(23)20-11-5-6-16-7-9-17(10-8-16)22(3)4/h7-10H,5-6,11-13H2,1-4H3,(H,20,23). The van der Waals surface area contributed by atoms with E-state index < -0.39 is 0 Å². The van der Waals surface area contributed by atoms with Gasteiger partial charge in [0.2, 0.25) is 5.91 Å². The van der Waals surface area contributed by atoms with Gasteiger partial charge in [-0.25, -0.2) is 0 Å². The van der Waals surface area contributed by atoms with Crippen LogP contribution in [0.3, 0.4) is 0 Å². The fourth-order valence-corrected chi connectivity index (χ4v) is 3.49. The first-order valence-corrected chi connectivity index (χ1v) is 9.65. The Morgan fingerprint density at radius 3 is 2.56 bits per heavy atom. The Bertz CT molecular complexity index is 661. The van der Waals surface area contributed by atoms with Crippen molar-refractivity contribution in [3.05, 3.63) is 46.8 Å². The molecule has 0 aliphatic rings. The highest BCUT2D eigenvalue weighted by atomic mass is 32.2. The number of nitrogens with one attached hydrogen (secondary N) is 1. The summed E-state index contributed by atoms with van der Waals surface area (Å²) in [4.78, 5) is 14.0. The number of nitrogens with zero attached hydrogens (tertiary/aromatic N) is 2. The Labute approximate surface area is 154 Å². The third-order valence-electron chi connectivity index (χ3n) is 4.08. The lowest BCUT2D eigenvalue weighted by molar-refractivity contribution is -0.118. The molecule has 0 saturated heterocycles. The second-order valence-corrected chi connectivity index (χ2v) is 7.30. The number of amides is 1. The number of hydrogen-bond acceptors (Lipinski definition) is 5. The molecule has 0 spiro atoms. The van der Waals surface area contributed by atoms with Crippen molar-refractivity contribution in [3.63, 3.8) is 0 Å². The van der Waals surface area contributed by atoms with Gasteiger partial charge in [-0.3, -0.25) is 4.79 Å². The number of aryl methyl sites for hydroxylation is 3. The molecule has 0 fully saturated rings. The minimum atomic E-state index is 0.0831. The summed E-state index contributed by atoms with van der Waals surface area (Å²) in [5.41, 5.74) is 4.50. The van der Waals surface area contributed by atoms with Crippen LogP contribution in [0.5, 0.6) is 0 Å². The van der Waals surface area contributed by atoms with Crippen LogP contribution < -0.4 is 10.2 Å². The third-order valence-corrected chi connectivity index (χ3v) is 5.04. The molecule has 0 aliphatic carbocycles. The first kappa shape index (κ1) is 19.4. The second kappa shape index (κ2) is 9.51. The maximum atomic E-state index is 11.9. The van der Waals surface area contributed by atoms with Crippen molar-refractivity contribution in [3.8, 4) is 0 Å². The average Bonchev–Trinajstić information content (AvgIpc) is 2.91. The first-order valence-electron chi connectivity index (χ1n) is 8.50. The summed E-state index contributed by atoms with van der Waals surface area (Å²) in [6.45, 7) is 4.54. The Morgan fingerprint density at radius 2 is 1.96 bits per heavy atom. The van der Waals surface area contributed by atoms with Crippen LogP contribution in [0.1, 0.15) is 29.0 Å². The topological polar surface area (TPSA) is 58.4 Å². The van der Waals surface area contributed by atoms with Crippen LogP contribution in [0.2, 0.25) is 0 Å². The first-order chi connectivity index (χ1) is 12.0. The van der Waals surface area contributed by atoms with Crippen molar-refractivity contribution in [2.75, 3.05) is 31.3 Å². The van der Waals surface area contributed by atoms with Crippen LogP contribution in [0.15, 0.2) is 28.8 Å². The lowest BCUT2D eigenvalue weighted by atomic mass is 10.1. The molecule has 0 radical (unpaired) electrons. The van der Waals surface area contributed by atoms with Gasteiger partial charge in [-0.05, 0) is 44.4 Å². The van der Waals surface area contributed by atoms with Crippen LogP contribution in [0.25, 0.3) is 0 Å². The summed E-state index contributed by atoms with van der Waals surface area (Å²) in [7, 11) is 4.07. The number of benzene rings is 1. The SMILES string of the molecule is Cc1noc(C)c1CSCC(=O)NCCCc1ccc(N(C)C)cc1. The number of carbonyl (C=O) groups is 1. The fraction of sp³-hybridized carbons (Fsp3) is 0.474. The van der Waals surface area contributed by atoms with Gasteiger partial charge in [0.1, 0.15) is 5.76 Å². The molecule has 25 heavy (non-hydrogen) atoms. The monoisotopic (exact) mass is 361 g/mol. The van der Waals surface area contributed by atoms with E-state index in [1.165, 1.54) is 11.3 Å². The lowest BCUT2D eigenvalue weighted by Crippen LogP contribution is -2.26. The van der Waals surface area contributed by atoms with Crippen molar-refractivity contribution >= 4 is 23.4 Å². The Kier molecular flexibility index (Phi) is 7.37. The van der Waals surface area contributed by atoms with E-state index in [9.17, 15) is 4.79 Å². The van der Waals surface area contributed by atoms with Gasteiger partial charge in [-0.1, -0.05) is 17.3 Å². The average molecular weight is 362 g/mol. The van der Waals surface area contributed by atoms with Gasteiger partial charge in [0.15, 0.2) is 0 Å². The van der Waals surface area contributed by atoms with E-state index in [2.05, 4.69) is 39.6 Å². The van der Waals surface area contributed by atoms with Gasteiger partial charge in [-0.2, -0.15) is 0 Å². The van der Waals surface area contributed by atoms with E-state index in [0.717, 1.165) is 35.6 Å². The highest BCUT2D eigenvalue weighted by Crippen LogP contribution is 2.19. The maximum absolute atomic E-state index is 11.9. The third kappa shape index (κ3) is 6.12. The summed E-state index contributed by atoms with van der Waals surface area (Å²) in [5, 5.41) is 6.91. The molecular formula is C19H27N3O2S. The molecule has 1 N–H and O–H groups in total. The maximum Gasteiger partial charge on any atom is 0.230 e. The highest BCUT2D eigenvalue weighted by Gasteiger charge is 2.10. The molecule has 5 nitrogen and oxygen atoms in total. The van der Waals surface area contributed by atoms with Crippen molar-refractivity contribution in [2.24, 2.45) is 0 Å². The van der Waals surface area contributed by atoms with E-state index in [4.69, 9.17) is 4.52 Å². The number of aromatic nitrogens is 1. The molecule has 0 saturated carbocycles. The lowest BCUT2D eigenvalue weighted by Gasteiger charge is -2.12. The zero-order chi connectivity index (χ0) is 18.2. The van der Waals surface area contributed by atoms with E-state index in [-0.39, 0.29) is 5.91 Å². The Morgan fingerprint density at radius 1 is 1.24 bits per heavy atom. The molecular weight excluding hydrogens is 334 g/mol. The van der Waals surface area contributed by atoms with Crippen LogP contribution in [0, 0.1) is 13.8 Å². The molecule has 136 valence electrons. The summed E-state index contributed by atoms with van der Waals surface area (Å²) in [6.07, 6.45) is 1.92. The highest BCUT2D eigenvalue weighted by molar-refractivity contribution is 7.99. The van der Waals surface area contributed by atoms with Crippen molar-refractivity contribution in [1.82, 2.24) is 10.5 Å². The normalized spacial score (nSPS) is 10.7. The molecule has 1 heterocycles. The molecule has 0 aliphatic heterocycles. The molecule has 6 heteroatoms. The van der Waals surface area contributed by atoms with E-state index >= 15 is 0 Å². The number of anilines is 1. The van der Waals surface area contributed by atoms with Crippen molar-refractivity contribution < 1.29 is 9.32 Å². The zero-order valence-electron chi connectivity index (χ0n) is 15.5. The van der Waals surface area contributed by atoms with E-state index in [1.54, 1.807) is 11.8 Å². The quantitative estimate of drug-likeness (QED) is 0.694. The van der Waals surface area contributed by atoms with Crippen LogP contribution in [0.4, 0.5) is 5.69 Å². The van der Waals surface area contributed by atoms with Gasteiger partial charge >= 0.3 is 0 Å². The van der Waals surface area contributed by atoms with Gasteiger partial charge in [-0.15, -0.1) is 11.8 Å². The Balaban J connectivity index is 1.60. The molecule has 0 atom stereocenters. The van der Waals surface area contributed by atoms with Crippen molar-refractivity contribution in [1.29, 1.82) is 0 Å². The second-order valence-electron chi connectivity index (χ2n) is 6.31.